The lowest BCUT2D eigenvalue weighted by Gasteiger charge is -2.06. The molecule has 0 radical (unpaired) electrons. The number of alkyl halides is 1. The fraction of sp³-hybridized carbons (Fsp3) is 0.300. The average Bonchev–Trinajstić information content (AvgIpc) is 2.10. The molecule has 14 heavy (non-hydrogen) atoms. The Hall–Kier alpha value is -0.600. The van der Waals surface area contributed by atoms with Gasteiger partial charge >= 0.3 is 0 Å². The van der Waals surface area contributed by atoms with Gasteiger partial charge in [0, 0.05) is 5.56 Å². The molecular weight excluding hydrogens is 226 g/mol. The predicted octanol–water partition coefficient (Wildman–Crippen LogP) is 3.60. The van der Waals surface area contributed by atoms with Crippen LogP contribution in [0.2, 0.25) is 5.02 Å². The first-order valence-corrected chi connectivity index (χ1v) is 4.89. The van der Waals surface area contributed by atoms with Crippen LogP contribution in [-0.2, 0) is 0 Å². The molecule has 76 valence electrons. The van der Waals surface area contributed by atoms with Crippen molar-refractivity contribution in [2.45, 2.75) is 19.2 Å². The summed E-state index contributed by atoms with van der Waals surface area (Å²) < 4.78 is 13.1. The van der Waals surface area contributed by atoms with E-state index in [-0.39, 0.29) is 16.4 Å². The molecule has 0 N–H and O–H groups in total. The summed E-state index contributed by atoms with van der Waals surface area (Å²) in [6.45, 7) is 3.11. The van der Waals surface area contributed by atoms with Crippen LogP contribution in [0.15, 0.2) is 12.1 Å². The predicted molar refractivity (Wildman–Crippen MR) is 55.8 cm³/mol. The second-order valence-corrected chi connectivity index (χ2v) is 4.12. The van der Waals surface area contributed by atoms with Crippen LogP contribution in [0.3, 0.4) is 0 Å². The molecule has 0 heterocycles. The van der Waals surface area contributed by atoms with Crippen LogP contribution >= 0.6 is 23.2 Å². The van der Waals surface area contributed by atoms with Crippen LogP contribution in [0.5, 0.6) is 0 Å². The Morgan fingerprint density at radius 3 is 2.57 bits per heavy atom. The largest absolute Gasteiger partial charge is 0.292 e. The summed E-state index contributed by atoms with van der Waals surface area (Å²) in [4.78, 5) is 11.4. The Balaban J connectivity index is 3.22. The topological polar surface area (TPSA) is 17.1 Å². The van der Waals surface area contributed by atoms with Crippen LogP contribution < -0.4 is 0 Å². The monoisotopic (exact) mass is 234 g/mol. The molecule has 1 rings (SSSR count). The number of hydrogen-bond acceptors (Lipinski definition) is 1. The number of carbonyl (C=O) groups is 1. The third kappa shape index (κ3) is 2.25. The number of ketones is 1. The highest BCUT2D eigenvalue weighted by Gasteiger charge is 2.17. The van der Waals surface area contributed by atoms with E-state index in [0.29, 0.717) is 5.56 Å². The SMILES string of the molecule is Cc1cc(Cl)c(C(=O)C(C)Cl)cc1F. The molecule has 0 fully saturated rings. The van der Waals surface area contributed by atoms with Gasteiger partial charge in [0.25, 0.3) is 0 Å². The van der Waals surface area contributed by atoms with E-state index in [2.05, 4.69) is 0 Å². The van der Waals surface area contributed by atoms with Crippen LogP contribution in [-0.4, -0.2) is 11.2 Å². The number of Topliss-reactive ketones (excluding diaryl/α,β-unsaturated/α-hetero) is 1. The summed E-state index contributed by atoms with van der Waals surface area (Å²) in [5.41, 5.74) is 0.547. The molecule has 0 amide bonds. The molecule has 4 heteroatoms. The highest BCUT2D eigenvalue weighted by molar-refractivity contribution is 6.38. The summed E-state index contributed by atoms with van der Waals surface area (Å²) in [6, 6.07) is 2.54. The highest BCUT2D eigenvalue weighted by Crippen LogP contribution is 2.22. The lowest BCUT2D eigenvalue weighted by atomic mass is 10.1. The van der Waals surface area contributed by atoms with Gasteiger partial charge in [-0.1, -0.05) is 11.6 Å². The fourth-order valence-corrected chi connectivity index (χ4v) is 1.48. The minimum Gasteiger partial charge on any atom is -0.292 e. The number of hydrogen-bond donors (Lipinski definition) is 0. The van der Waals surface area contributed by atoms with Gasteiger partial charge in [0.2, 0.25) is 0 Å². The number of aryl methyl sites for hydroxylation is 1. The Kier molecular flexibility index (Phi) is 3.51. The molecule has 0 aliphatic rings. The number of halogens is 3. The summed E-state index contributed by atoms with van der Waals surface area (Å²) in [5, 5.41) is -0.462. The Morgan fingerprint density at radius 2 is 2.07 bits per heavy atom. The third-order valence-corrected chi connectivity index (χ3v) is 2.39. The van der Waals surface area contributed by atoms with Gasteiger partial charge in [0.05, 0.1) is 10.4 Å². The maximum atomic E-state index is 13.1. The normalized spacial score (nSPS) is 12.6. The summed E-state index contributed by atoms with van der Waals surface area (Å²) >= 11 is 11.4. The van der Waals surface area contributed by atoms with Gasteiger partial charge < -0.3 is 0 Å². The van der Waals surface area contributed by atoms with Crippen molar-refractivity contribution in [3.8, 4) is 0 Å². The van der Waals surface area contributed by atoms with Crippen LogP contribution in [0.25, 0.3) is 0 Å². The van der Waals surface area contributed by atoms with Gasteiger partial charge in [0.1, 0.15) is 5.82 Å². The lowest BCUT2D eigenvalue weighted by Crippen LogP contribution is -2.11. The number of benzene rings is 1. The van der Waals surface area contributed by atoms with E-state index in [1.165, 1.54) is 13.0 Å². The molecule has 1 unspecified atom stereocenters. The van der Waals surface area contributed by atoms with Crippen molar-refractivity contribution in [2.75, 3.05) is 0 Å². The molecule has 0 bridgehead atoms. The van der Waals surface area contributed by atoms with Crippen LogP contribution in [0.1, 0.15) is 22.8 Å². The Bertz CT molecular complexity index is 375. The zero-order valence-electron chi connectivity index (χ0n) is 7.77. The number of carbonyl (C=O) groups excluding carboxylic acids is 1. The molecule has 0 aliphatic carbocycles. The molecular formula is C10H9Cl2FO. The maximum absolute atomic E-state index is 13.1. The first-order valence-electron chi connectivity index (χ1n) is 4.07. The van der Waals surface area contributed by atoms with E-state index in [9.17, 15) is 9.18 Å². The third-order valence-electron chi connectivity index (χ3n) is 1.88. The van der Waals surface area contributed by atoms with Crippen molar-refractivity contribution < 1.29 is 9.18 Å². The zero-order chi connectivity index (χ0) is 10.9. The van der Waals surface area contributed by atoms with Gasteiger partial charge in [0.15, 0.2) is 5.78 Å². The molecule has 0 saturated carbocycles. The van der Waals surface area contributed by atoms with Crippen molar-refractivity contribution in [1.82, 2.24) is 0 Å². The second kappa shape index (κ2) is 4.28. The fourth-order valence-electron chi connectivity index (χ4n) is 1.05. The molecule has 0 aromatic heterocycles. The molecule has 1 aromatic carbocycles. The molecule has 1 nitrogen and oxygen atoms in total. The maximum Gasteiger partial charge on any atom is 0.181 e. The van der Waals surface area contributed by atoms with E-state index < -0.39 is 11.2 Å². The first kappa shape index (κ1) is 11.5. The summed E-state index contributed by atoms with van der Waals surface area (Å²) in [6.07, 6.45) is 0. The van der Waals surface area contributed by atoms with Crippen molar-refractivity contribution in [3.63, 3.8) is 0 Å². The van der Waals surface area contributed by atoms with E-state index in [4.69, 9.17) is 23.2 Å². The Morgan fingerprint density at radius 1 is 1.50 bits per heavy atom. The van der Waals surface area contributed by atoms with Gasteiger partial charge in [-0.2, -0.15) is 0 Å². The van der Waals surface area contributed by atoms with Crippen LogP contribution in [0.4, 0.5) is 4.39 Å². The van der Waals surface area contributed by atoms with Crippen molar-refractivity contribution in [1.29, 1.82) is 0 Å². The quantitative estimate of drug-likeness (QED) is 0.565. The lowest BCUT2D eigenvalue weighted by molar-refractivity contribution is 0.0991. The van der Waals surface area contributed by atoms with Gasteiger partial charge in [-0.25, -0.2) is 4.39 Å². The van der Waals surface area contributed by atoms with Crippen molar-refractivity contribution in [2.24, 2.45) is 0 Å². The molecule has 1 aromatic rings. The highest BCUT2D eigenvalue weighted by atomic mass is 35.5. The first-order chi connectivity index (χ1) is 6.43. The molecule has 0 spiro atoms. The molecule has 1 atom stereocenters. The zero-order valence-corrected chi connectivity index (χ0v) is 9.29. The van der Waals surface area contributed by atoms with E-state index in [0.717, 1.165) is 6.07 Å². The molecule has 0 aliphatic heterocycles. The van der Waals surface area contributed by atoms with Gasteiger partial charge in [-0.05, 0) is 31.5 Å². The van der Waals surface area contributed by atoms with E-state index >= 15 is 0 Å². The van der Waals surface area contributed by atoms with Crippen LogP contribution in [0, 0.1) is 12.7 Å². The second-order valence-electron chi connectivity index (χ2n) is 3.06. The molecule has 0 saturated heterocycles. The van der Waals surface area contributed by atoms with E-state index in [1.54, 1.807) is 6.92 Å². The Labute approximate surface area is 91.8 Å². The van der Waals surface area contributed by atoms with Gasteiger partial charge in [-0.3, -0.25) is 4.79 Å². The van der Waals surface area contributed by atoms with Crippen molar-refractivity contribution >= 4 is 29.0 Å². The minimum atomic E-state index is -0.699. The van der Waals surface area contributed by atoms with E-state index in [1.807, 2.05) is 0 Å². The van der Waals surface area contributed by atoms with Gasteiger partial charge in [-0.15, -0.1) is 11.6 Å². The summed E-state index contributed by atoms with van der Waals surface area (Å²) in [5.74, 6) is -0.814. The smallest absolute Gasteiger partial charge is 0.181 e. The summed E-state index contributed by atoms with van der Waals surface area (Å²) in [7, 11) is 0. The van der Waals surface area contributed by atoms with Crippen molar-refractivity contribution in [3.05, 3.63) is 34.1 Å². The standard InChI is InChI=1S/C10H9Cl2FO/c1-5-3-8(12)7(4-9(5)13)10(14)6(2)11/h3-4,6H,1-2H3. The minimum absolute atomic E-state index is 0.136. The number of rotatable bonds is 2. The average molecular weight is 235 g/mol.